The Hall–Kier alpha value is -1.68. The van der Waals surface area contributed by atoms with Crippen molar-refractivity contribution in [2.45, 2.75) is 51.1 Å². The van der Waals surface area contributed by atoms with Crippen molar-refractivity contribution >= 4 is 0 Å². The molecule has 0 spiro atoms. The molecule has 0 unspecified atom stereocenters. The van der Waals surface area contributed by atoms with Crippen molar-refractivity contribution in [1.29, 1.82) is 0 Å². The van der Waals surface area contributed by atoms with Crippen LogP contribution in [0.3, 0.4) is 0 Å². The molecule has 1 aromatic carbocycles. The second-order valence-corrected chi connectivity index (χ2v) is 6.56. The largest absolute Gasteiger partial charge is 0.424 e. The smallest absolute Gasteiger partial charge is 0.230 e. The van der Waals surface area contributed by atoms with E-state index in [2.05, 4.69) is 45.4 Å². The molecule has 0 amide bonds. The summed E-state index contributed by atoms with van der Waals surface area (Å²) in [6, 6.07) is 11.0. The van der Waals surface area contributed by atoms with Gasteiger partial charge in [0.2, 0.25) is 11.8 Å². The summed E-state index contributed by atoms with van der Waals surface area (Å²) in [5, 5.41) is 8.32. The molecule has 0 radical (unpaired) electrons. The highest BCUT2D eigenvalue weighted by Crippen LogP contribution is 2.54. The first kappa shape index (κ1) is 13.9. The first-order valence-corrected chi connectivity index (χ1v) is 8.45. The van der Waals surface area contributed by atoms with Crippen molar-refractivity contribution < 1.29 is 4.42 Å². The molecule has 0 N–H and O–H groups in total. The molecule has 4 nitrogen and oxygen atoms in total. The van der Waals surface area contributed by atoms with E-state index in [0.717, 1.165) is 37.2 Å². The summed E-state index contributed by atoms with van der Waals surface area (Å²) < 4.78 is 5.74. The van der Waals surface area contributed by atoms with Crippen molar-refractivity contribution in [3.8, 4) is 0 Å². The zero-order valence-electron chi connectivity index (χ0n) is 13.2. The molecule has 22 heavy (non-hydrogen) atoms. The third kappa shape index (κ3) is 2.09. The molecule has 4 heteroatoms. The number of aryl methyl sites for hydroxylation is 1. The number of hydrogen-bond acceptors (Lipinski definition) is 4. The van der Waals surface area contributed by atoms with Gasteiger partial charge in [0.25, 0.3) is 0 Å². The maximum Gasteiger partial charge on any atom is 0.230 e. The van der Waals surface area contributed by atoms with Gasteiger partial charge < -0.3 is 4.42 Å². The van der Waals surface area contributed by atoms with E-state index in [1.54, 1.807) is 0 Å². The number of benzene rings is 1. The summed E-state index contributed by atoms with van der Waals surface area (Å²) in [6.07, 6.45) is 6.07. The van der Waals surface area contributed by atoms with Gasteiger partial charge in [-0.3, -0.25) is 4.90 Å². The highest BCUT2D eigenvalue weighted by atomic mass is 16.4. The molecule has 0 bridgehead atoms. The molecule has 1 aromatic heterocycles. The van der Waals surface area contributed by atoms with Gasteiger partial charge in [0.1, 0.15) is 0 Å². The fraction of sp³-hybridized carbons (Fsp3) is 0.556. The summed E-state index contributed by atoms with van der Waals surface area (Å²) in [5.74, 6) is 2.28. The summed E-state index contributed by atoms with van der Waals surface area (Å²) in [5.41, 5.74) is 1.65. The summed E-state index contributed by atoms with van der Waals surface area (Å²) in [7, 11) is 0. The van der Waals surface area contributed by atoms with Crippen molar-refractivity contribution in [3.63, 3.8) is 0 Å². The van der Waals surface area contributed by atoms with Gasteiger partial charge in [0.15, 0.2) is 0 Å². The molecule has 1 saturated carbocycles. The quantitative estimate of drug-likeness (QED) is 0.865. The van der Waals surface area contributed by atoms with Crippen LogP contribution in [0.15, 0.2) is 34.7 Å². The molecule has 1 aliphatic carbocycles. The van der Waals surface area contributed by atoms with Crippen LogP contribution in [0.2, 0.25) is 0 Å². The lowest BCUT2D eigenvalue weighted by atomic mass is 9.62. The van der Waals surface area contributed by atoms with Crippen LogP contribution in [0.25, 0.3) is 0 Å². The molecule has 1 saturated heterocycles. The van der Waals surface area contributed by atoms with Crippen molar-refractivity contribution in [1.82, 2.24) is 15.1 Å². The molecule has 4 rings (SSSR count). The molecule has 2 aromatic rings. The average molecular weight is 297 g/mol. The third-order valence-electron chi connectivity index (χ3n) is 5.45. The molecule has 2 aliphatic rings. The van der Waals surface area contributed by atoms with E-state index >= 15 is 0 Å². The Morgan fingerprint density at radius 1 is 1.18 bits per heavy atom. The van der Waals surface area contributed by atoms with Crippen molar-refractivity contribution in [3.05, 3.63) is 47.7 Å². The van der Waals surface area contributed by atoms with Crippen LogP contribution in [0.5, 0.6) is 0 Å². The first-order chi connectivity index (χ1) is 10.8. The minimum absolute atomic E-state index is 0.195. The molecular weight excluding hydrogens is 274 g/mol. The molecule has 116 valence electrons. The first-order valence-electron chi connectivity index (χ1n) is 8.45. The molecule has 1 aliphatic heterocycles. The summed E-state index contributed by atoms with van der Waals surface area (Å²) in [4.78, 5) is 2.55. The van der Waals surface area contributed by atoms with Crippen molar-refractivity contribution in [2.75, 3.05) is 6.54 Å². The highest BCUT2D eigenvalue weighted by molar-refractivity contribution is 5.30. The number of rotatable bonds is 4. The van der Waals surface area contributed by atoms with Crippen LogP contribution in [0.1, 0.15) is 50.0 Å². The van der Waals surface area contributed by atoms with Gasteiger partial charge in [-0.1, -0.05) is 50.1 Å². The Balaban J connectivity index is 1.62. The fourth-order valence-corrected chi connectivity index (χ4v) is 4.36. The summed E-state index contributed by atoms with van der Waals surface area (Å²) >= 11 is 0. The maximum atomic E-state index is 5.74. The predicted molar refractivity (Wildman–Crippen MR) is 84.2 cm³/mol. The molecule has 2 atom stereocenters. The van der Waals surface area contributed by atoms with Gasteiger partial charge in [0.05, 0.1) is 12.1 Å². The third-order valence-corrected chi connectivity index (χ3v) is 5.45. The van der Waals surface area contributed by atoms with Crippen molar-refractivity contribution in [2.24, 2.45) is 5.92 Å². The highest BCUT2D eigenvalue weighted by Gasteiger charge is 2.55. The summed E-state index contributed by atoms with van der Waals surface area (Å²) in [6.45, 7) is 3.97. The van der Waals surface area contributed by atoms with Crippen LogP contribution in [0.4, 0.5) is 0 Å². The zero-order chi connectivity index (χ0) is 15.0. The number of likely N-dealkylation sites (tertiary alicyclic amines) is 1. The predicted octanol–water partition coefficient (Wildman–Crippen LogP) is 3.53. The van der Waals surface area contributed by atoms with Crippen LogP contribution in [-0.4, -0.2) is 21.6 Å². The molecule has 2 heterocycles. The Morgan fingerprint density at radius 3 is 2.73 bits per heavy atom. The monoisotopic (exact) mass is 297 g/mol. The minimum Gasteiger partial charge on any atom is -0.424 e. The van der Waals surface area contributed by atoms with E-state index in [1.165, 1.54) is 31.2 Å². The van der Waals surface area contributed by atoms with Gasteiger partial charge >= 0.3 is 0 Å². The average Bonchev–Trinajstić information content (AvgIpc) is 3.01. The van der Waals surface area contributed by atoms with E-state index in [9.17, 15) is 0 Å². The fourth-order valence-electron chi connectivity index (χ4n) is 4.36. The SMILES string of the molecule is CCc1nnc(CN2C[C@H]3CCCC[C@]32c2ccccc2)o1. The number of nitrogens with zero attached hydrogens (tertiary/aromatic N) is 3. The zero-order valence-corrected chi connectivity index (χ0v) is 13.2. The van der Waals surface area contributed by atoms with Crippen LogP contribution >= 0.6 is 0 Å². The lowest BCUT2D eigenvalue weighted by molar-refractivity contribution is -0.124. The van der Waals surface area contributed by atoms with E-state index in [1.807, 2.05) is 6.92 Å². The normalized spacial score (nSPS) is 28.1. The Kier molecular flexibility index (Phi) is 3.49. The van der Waals surface area contributed by atoms with Gasteiger partial charge in [0, 0.05) is 13.0 Å². The lowest BCUT2D eigenvalue weighted by Crippen LogP contribution is -2.65. The topological polar surface area (TPSA) is 42.2 Å². The minimum atomic E-state index is 0.195. The Morgan fingerprint density at radius 2 is 2.00 bits per heavy atom. The Bertz CT molecular complexity index is 639. The van der Waals surface area contributed by atoms with Gasteiger partial charge in [-0.15, -0.1) is 10.2 Å². The number of aromatic nitrogens is 2. The van der Waals surface area contributed by atoms with Gasteiger partial charge in [-0.2, -0.15) is 0 Å². The maximum absolute atomic E-state index is 5.74. The van der Waals surface area contributed by atoms with E-state index in [-0.39, 0.29) is 5.54 Å². The van der Waals surface area contributed by atoms with Crippen LogP contribution < -0.4 is 0 Å². The van der Waals surface area contributed by atoms with E-state index < -0.39 is 0 Å². The second-order valence-electron chi connectivity index (χ2n) is 6.56. The lowest BCUT2D eigenvalue weighted by Gasteiger charge is -2.61. The van der Waals surface area contributed by atoms with Crippen LogP contribution in [0, 0.1) is 5.92 Å². The molecular formula is C18H23N3O. The number of fused-ring (bicyclic) bond motifs is 1. The molecule has 2 fully saturated rings. The standard InChI is InChI=1S/C18H23N3O/c1-2-16-19-20-17(22-16)13-21-12-15-10-6-7-11-18(15,21)14-8-4-3-5-9-14/h3-5,8-9,15H,2,6-7,10-13H2,1H3/t15-,18+/m1/s1. The van der Waals surface area contributed by atoms with Crippen LogP contribution in [-0.2, 0) is 18.5 Å². The van der Waals surface area contributed by atoms with E-state index in [4.69, 9.17) is 4.42 Å². The number of hydrogen-bond donors (Lipinski definition) is 0. The van der Waals surface area contributed by atoms with Gasteiger partial charge in [-0.05, 0) is 24.3 Å². The Labute approximate surface area is 131 Å². The van der Waals surface area contributed by atoms with E-state index in [0.29, 0.717) is 0 Å². The second kappa shape index (κ2) is 5.51. The van der Waals surface area contributed by atoms with Gasteiger partial charge in [-0.25, -0.2) is 0 Å².